The van der Waals surface area contributed by atoms with Gasteiger partial charge >= 0.3 is 5.97 Å². The molecule has 0 aliphatic rings. The summed E-state index contributed by atoms with van der Waals surface area (Å²) in [5, 5.41) is 19.0. The van der Waals surface area contributed by atoms with Gasteiger partial charge in [0.2, 0.25) is 12.1 Å². The zero-order valence-corrected chi connectivity index (χ0v) is 19.7. The van der Waals surface area contributed by atoms with Crippen LogP contribution < -0.4 is 10.8 Å². The van der Waals surface area contributed by atoms with Gasteiger partial charge in [-0.1, -0.05) is 13.8 Å². The van der Waals surface area contributed by atoms with E-state index < -0.39 is 38.4 Å². The second kappa shape index (κ2) is 14.1. The number of amides is 1. The van der Waals surface area contributed by atoms with Gasteiger partial charge in [-0.05, 0) is 46.0 Å². The van der Waals surface area contributed by atoms with Gasteiger partial charge in [-0.3, -0.25) is 18.5 Å². The van der Waals surface area contributed by atoms with Crippen LogP contribution in [0.2, 0.25) is 0 Å². The molecule has 0 aliphatic heterocycles. The minimum atomic E-state index is -1.06. The minimum Gasteiger partial charge on any atom is -0.333 e. The van der Waals surface area contributed by atoms with Crippen LogP contribution in [0.5, 0.6) is 0 Å². The van der Waals surface area contributed by atoms with Crippen LogP contribution >= 0.6 is 0 Å². The number of hydrogen-bond donors (Lipinski definition) is 2. The van der Waals surface area contributed by atoms with E-state index in [1.54, 1.807) is 33.9 Å². The second-order valence-electron chi connectivity index (χ2n) is 8.19. The Balaban J connectivity index is 4.02. The van der Waals surface area contributed by atoms with Crippen molar-refractivity contribution in [3.05, 3.63) is 0 Å². The Morgan fingerprint density at radius 3 is 1.77 bits per heavy atom. The lowest BCUT2D eigenvalue weighted by atomic mass is 9.87. The zero-order chi connectivity index (χ0) is 23.2. The molecule has 0 radical (unpaired) electrons. The van der Waals surface area contributed by atoms with Gasteiger partial charge in [-0.2, -0.15) is 16.0 Å². The molecule has 0 aliphatic carbocycles. The molecule has 0 saturated heterocycles. The fraction of sp³-hybridized carbons (Fsp3) is 0.789. The van der Waals surface area contributed by atoms with Crippen molar-refractivity contribution in [2.45, 2.75) is 59.8 Å². The highest BCUT2D eigenvalue weighted by Gasteiger charge is 2.30. The summed E-state index contributed by atoms with van der Waals surface area (Å²) in [6.45, 7) is 6.89. The third-order valence-electron chi connectivity index (χ3n) is 4.62. The standard InChI is InChI=1S/C19H32N4O5S2/c1-18(2,16(24)22-14-20)8-5-10-29(26)12-7-13-30(27)11-6-9-19(3,4)17(25)28-23-15-21/h23H,5-13H2,1-4H3,(H,22,24). The van der Waals surface area contributed by atoms with E-state index in [0.717, 1.165) is 0 Å². The Morgan fingerprint density at radius 2 is 1.30 bits per heavy atom. The van der Waals surface area contributed by atoms with E-state index in [1.165, 1.54) is 6.19 Å². The van der Waals surface area contributed by atoms with E-state index in [9.17, 15) is 18.0 Å². The first-order valence-electron chi connectivity index (χ1n) is 9.71. The molecule has 0 spiro atoms. The van der Waals surface area contributed by atoms with E-state index in [1.807, 2.05) is 5.48 Å². The van der Waals surface area contributed by atoms with Crippen molar-refractivity contribution in [1.29, 1.82) is 10.5 Å². The van der Waals surface area contributed by atoms with Gasteiger partial charge in [0.05, 0.1) is 5.41 Å². The van der Waals surface area contributed by atoms with Crippen molar-refractivity contribution in [3.8, 4) is 12.4 Å². The Hall–Kier alpha value is -1.98. The predicted octanol–water partition coefficient (Wildman–Crippen LogP) is 1.61. The topological polar surface area (TPSA) is 149 Å². The molecule has 0 heterocycles. The van der Waals surface area contributed by atoms with Crippen molar-refractivity contribution >= 4 is 33.5 Å². The molecule has 9 nitrogen and oxygen atoms in total. The molecule has 170 valence electrons. The van der Waals surface area contributed by atoms with Crippen molar-refractivity contribution in [3.63, 3.8) is 0 Å². The number of carbonyl (C=O) groups excluding carboxylic acids is 2. The third kappa shape index (κ3) is 11.9. The van der Waals surface area contributed by atoms with Crippen molar-refractivity contribution < 1.29 is 22.8 Å². The maximum Gasteiger partial charge on any atom is 0.338 e. The molecular weight excluding hydrogens is 428 g/mol. The summed E-state index contributed by atoms with van der Waals surface area (Å²) in [5.41, 5.74) is 0.388. The highest BCUT2D eigenvalue weighted by Crippen LogP contribution is 2.24. The van der Waals surface area contributed by atoms with Gasteiger partial charge in [0.15, 0.2) is 6.19 Å². The maximum absolute atomic E-state index is 12.1. The van der Waals surface area contributed by atoms with Crippen LogP contribution in [-0.4, -0.2) is 43.3 Å². The minimum absolute atomic E-state index is 0.344. The lowest BCUT2D eigenvalue weighted by Gasteiger charge is -2.21. The van der Waals surface area contributed by atoms with E-state index in [-0.39, 0.29) is 5.91 Å². The third-order valence-corrected chi connectivity index (χ3v) is 7.59. The second-order valence-corrected chi connectivity index (χ2v) is 11.6. The summed E-state index contributed by atoms with van der Waals surface area (Å²) in [4.78, 5) is 28.1. The molecule has 30 heavy (non-hydrogen) atoms. The van der Waals surface area contributed by atoms with E-state index in [2.05, 4.69) is 10.2 Å². The van der Waals surface area contributed by atoms with E-state index in [0.29, 0.717) is 55.1 Å². The molecular formula is C19H32N4O5S2. The Bertz CT molecular complexity index is 711. The number of nitrogens with zero attached hydrogens (tertiary/aromatic N) is 2. The number of carbonyl (C=O) groups is 2. The highest BCUT2D eigenvalue weighted by molar-refractivity contribution is 7.85. The SMILES string of the molecule is CC(C)(CCCS(=O)CCCS(=O)CCCC(C)(C)C(=O)ONC#N)C(=O)NC#N. The number of hydroxylamine groups is 1. The Kier molecular flexibility index (Phi) is 13.2. The van der Waals surface area contributed by atoms with Gasteiger partial charge < -0.3 is 4.84 Å². The monoisotopic (exact) mass is 460 g/mol. The summed E-state index contributed by atoms with van der Waals surface area (Å²) < 4.78 is 24.2. The summed E-state index contributed by atoms with van der Waals surface area (Å²) in [5.74, 6) is 0.916. The smallest absolute Gasteiger partial charge is 0.333 e. The molecule has 2 atom stereocenters. The first-order valence-corrected chi connectivity index (χ1v) is 12.7. The molecule has 0 rings (SSSR count). The average molecular weight is 461 g/mol. The number of nitriles is 2. The summed E-state index contributed by atoms with van der Waals surface area (Å²) in [6, 6.07) is 0. The summed E-state index contributed by atoms with van der Waals surface area (Å²) in [6.07, 6.45) is 5.90. The van der Waals surface area contributed by atoms with E-state index >= 15 is 0 Å². The first kappa shape index (κ1) is 28.0. The Labute approximate surface area is 183 Å². The first-order chi connectivity index (χ1) is 14.0. The van der Waals surface area contributed by atoms with Crippen LogP contribution in [0, 0.1) is 33.7 Å². The molecule has 11 heteroatoms. The molecule has 1 amide bonds. The van der Waals surface area contributed by atoms with Crippen molar-refractivity contribution in [1.82, 2.24) is 10.8 Å². The number of nitrogens with one attached hydrogen (secondary N) is 2. The number of rotatable bonds is 15. The fourth-order valence-corrected chi connectivity index (χ4v) is 5.03. The van der Waals surface area contributed by atoms with Gasteiger partial charge in [0.1, 0.15) is 0 Å². The summed E-state index contributed by atoms with van der Waals surface area (Å²) in [7, 11) is -2.10. The molecule has 0 fully saturated rings. The van der Waals surface area contributed by atoms with Crippen LogP contribution in [-0.2, 0) is 36.0 Å². The quantitative estimate of drug-likeness (QED) is 0.213. The van der Waals surface area contributed by atoms with Crippen LogP contribution in [0.1, 0.15) is 59.8 Å². The molecule has 0 bridgehead atoms. The van der Waals surface area contributed by atoms with Gasteiger partial charge in [-0.25, -0.2) is 4.79 Å². The lowest BCUT2D eigenvalue weighted by Crippen LogP contribution is -2.34. The fourth-order valence-electron chi connectivity index (χ4n) is 2.58. The van der Waals surface area contributed by atoms with Gasteiger partial charge in [-0.15, -0.1) is 0 Å². The highest BCUT2D eigenvalue weighted by atomic mass is 32.2. The molecule has 0 aromatic heterocycles. The van der Waals surface area contributed by atoms with Gasteiger partial charge in [0, 0.05) is 50.0 Å². The van der Waals surface area contributed by atoms with Crippen molar-refractivity contribution in [2.24, 2.45) is 10.8 Å². The van der Waals surface area contributed by atoms with Crippen LogP contribution in [0.25, 0.3) is 0 Å². The zero-order valence-electron chi connectivity index (χ0n) is 18.1. The Morgan fingerprint density at radius 1 is 0.833 bits per heavy atom. The molecule has 0 aromatic carbocycles. The molecule has 2 unspecified atom stereocenters. The molecule has 0 aromatic rings. The largest absolute Gasteiger partial charge is 0.338 e. The van der Waals surface area contributed by atoms with Crippen LogP contribution in [0.4, 0.5) is 0 Å². The van der Waals surface area contributed by atoms with Gasteiger partial charge in [0.25, 0.3) is 0 Å². The summed E-state index contributed by atoms with van der Waals surface area (Å²) >= 11 is 0. The van der Waals surface area contributed by atoms with E-state index in [4.69, 9.17) is 10.5 Å². The number of hydrogen-bond acceptors (Lipinski definition) is 8. The van der Waals surface area contributed by atoms with Crippen molar-refractivity contribution in [2.75, 3.05) is 23.0 Å². The average Bonchev–Trinajstić information content (AvgIpc) is 2.65. The molecule has 0 saturated carbocycles. The maximum atomic E-state index is 12.1. The normalized spacial score (nSPS) is 13.4. The predicted molar refractivity (Wildman–Crippen MR) is 115 cm³/mol. The van der Waals surface area contributed by atoms with Crippen LogP contribution in [0.15, 0.2) is 0 Å². The lowest BCUT2D eigenvalue weighted by molar-refractivity contribution is -0.159. The molecule has 2 N–H and O–H groups in total. The van der Waals surface area contributed by atoms with Crippen LogP contribution in [0.3, 0.4) is 0 Å².